The number of hydrogen-bond donors (Lipinski definition) is 2. The third-order valence-corrected chi connectivity index (χ3v) is 3.30. The summed E-state index contributed by atoms with van der Waals surface area (Å²) in [5, 5.41) is 5.60. The Hall–Kier alpha value is -2.04. The first-order valence-electron chi connectivity index (χ1n) is 6.79. The van der Waals surface area contributed by atoms with E-state index in [1.807, 2.05) is 51.1 Å². The van der Waals surface area contributed by atoms with Crippen LogP contribution in [0.1, 0.15) is 27.2 Å². The van der Waals surface area contributed by atoms with Crippen molar-refractivity contribution in [2.75, 3.05) is 11.9 Å². The van der Waals surface area contributed by atoms with Crippen LogP contribution in [0.15, 0.2) is 30.3 Å². The topological polar surface area (TPSA) is 61.4 Å². The number of para-hydroxylation sites is 1. The van der Waals surface area contributed by atoms with Gasteiger partial charge in [0.15, 0.2) is 0 Å². The summed E-state index contributed by atoms with van der Waals surface area (Å²) in [6.45, 7) is 6.55. The lowest BCUT2D eigenvalue weighted by molar-refractivity contribution is -0.131. The van der Waals surface area contributed by atoms with Gasteiger partial charge in [0.2, 0.25) is 5.91 Å². The van der Waals surface area contributed by atoms with Crippen LogP contribution in [0.4, 0.5) is 10.5 Å². The van der Waals surface area contributed by atoms with Crippen LogP contribution in [-0.4, -0.2) is 35.0 Å². The maximum Gasteiger partial charge on any atom is 0.319 e. The fraction of sp³-hybridized carbons (Fsp3) is 0.467. The number of rotatable bonds is 2. The van der Waals surface area contributed by atoms with Crippen molar-refractivity contribution in [1.29, 1.82) is 0 Å². The molecule has 0 aromatic heterocycles. The first-order chi connectivity index (χ1) is 9.36. The van der Waals surface area contributed by atoms with Gasteiger partial charge in [-0.05, 0) is 32.9 Å². The maximum atomic E-state index is 11.9. The van der Waals surface area contributed by atoms with Crippen molar-refractivity contribution in [3.05, 3.63) is 30.3 Å². The van der Waals surface area contributed by atoms with Gasteiger partial charge in [0.1, 0.15) is 0 Å². The van der Waals surface area contributed by atoms with Crippen LogP contribution in [-0.2, 0) is 4.79 Å². The number of nitrogens with one attached hydrogen (secondary N) is 2. The summed E-state index contributed by atoms with van der Waals surface area (Å²) in [7, 11) is 0. The molecule has 1 unspecified atom stereocenters. The second-order valence-electron chi connectivity index (χ2n) is 6.04. The minimum Gasteiger partial charge on any atom is -0.336 e. The van der Waals surface area contributed by atoms with Crippen molar-refractivity contribution in [3.8, 4) is 0 Å². The number of carbonyl (C=O) groups is 2. The van der Waals surface area contributed by atoms with E-state index >= 15 is 0 Å². The molecule has 108 valence electrons. The second kappa shape index (κ2) is 5.53. The summed E-state index contributed by atoms with van der Waals surface area (Å²) >= 11 is 0. The molecule has 1 saturated heterocycles. The molecule has 1 aliphatic heterocycles. The van der Waals surface area contributed by atoms with Crippen molar-refractivity contribution >= 4 is 17.6 Å². The Labute approximate surface area is 119 Å². The fourth-order valence-electron chi connectivity index (χ4n) is 2.33. The van der Waals surface area contributed by atoms with E-state index in [1.54, 1.807) is 4.90 Å². The van der Waals surface area contributed by atoms with E-state index in [9.17, 15) is 9.59 Å². The minimum atomic E-state index is -0.273. The fourth-order valence-corrected chi connectivity index (χ4v) is 2.33. The normalized spacial score (nSPS) is 19.1. The predicted molar refractivity (Wildman–Crippen MR) is 78.5 cm³/mol. The summed E-state index contributed by atoms with van der Waals surface area (Å²) in [6.07, 6.45) is 0.361. The van der Waals surface area contributed by atoms with Crippen LogP contribution in [0.5, 0.6) is 0 Å². The smallest absolute Gasteiger partial charge is 0.319 e. The minimum absolute atomic E-state index is 0.0857. The van der Waals surface area contributed by atoms with E-state index in [0.29, 0.717) is 13.0 Å². The van der Waals surface area contributed by atoms with E-state index in [-0.39, 0.29) is 23.5 Å². The molecule has 2 rings (SSSR count). The van der Waals surface area contributed by atoms with Gasteiger partial charge >= 0.3 is 6.03 Å². The summed E-state index contributed by atoms with van der Waals surface area (Å²) < 4.78 is 0. The van der Waals surface area contributed by atoms with Crippen molar-refractivity contribution in [2.24, 2.45) is 0 Å². The number of urea groups is 1. The maximum absolute atomic E-state index is 11.9. The number of carbonyl (C=O) groups excluding carboxylic acids is 2. The standard InChI is InChI=1S/C15H21N3O2/c1-15(2,3)18-10-12(9-13(18)19)17-14(20)16-11-7-5-4-6-8-11/h4-8,12H,9-10H2,1-3H3,(H2,16,17,20). The lowest BCUT2D eigenvalue weighted by Crippen LogP contribution is -2.45. The van der Waals surface area contributed by atoms with Crippen molar-refractivity contribution < 1.29 is 9.59 Å². The Morgan fingerprint density at radius 3 is 2.45 bits per heavy atom. The van der Waals surface area contributed by atoms with E-state index in [1.165, 1.54) is 0 Å². The van der Waals surface area contributed by atoms with Gasteiger partial charge in [-0.3, -0.25) is 4.79 Å². The molecule has 1 heterocycles. The lowest BCUT2D eigenvalue weighted by Gasteiger charge is -2.32. The molecule has 5 heteroatoms. The highest BCUT2D eigenvalue weighted by Crippen LogP contribution is 2.21. The Kier molecular flexibility index (Phi) is 3.97. The first-order valence-corrected chi connectivity index (χ1v) is 6.79. The van der Waals surface area contributed by atoms with Crippen LogP contribution >= 0.6 is 0 Å². The van der Waals surface area contributed by atoms with Crippen LogP contribution in [0.3, 0.4) is 0 Å². The number of amides is 3. The Bertz CT molecular complexity index is 494. The molecule has 1 aromatic carbocycles. The average Bonchev–Trinajstić information content (AvgIpc) is 2.71. The van der Waals surface area contributed by atoms with Crippen LogP contribution in [0.25, 0.3) is 0 Å². The van der Waals surface area contributed by atoms with Gasteiger partial charge in [-0.15, -0.1) is 0 Å². The number of benzene rings is 1. The number of hydrogen-bond acceptors (Lipinski definition) is 2. The third kappa shape index (κ3) is 3.50. The molecule has 1 atom stereocenters. The average molecular weight is 275 g/mol. The number of likely N-dealkylation sites (tertiary alicyclic amines) is 1. The van der Waals surface area contributed by atoms with E-state index in [2.05, 4.69) is 10.6 Å². The van der Waals surface area contributed by atoms with Gasteiger partial charge in [-0.1, -0.05) is 18.2 Å². The molecular weight excluding hydrogens is 254 g/mol. The molecule has 0 radical (unpaired) electrons. The highest BCUT2D eigenvalue weighted by molar-refractivity contribution is 5.90. The first kappa shape index (κ1) is 14.4. The van der Waals surface area contributed by atoms with Crippen molar-refractivity contribution in [2.45, 2.75) is 38.8 Å². The molecule has 1 aliphatic rings. The molecule has 0 bridgehead atoms. The summed E-state index contributed by atoms with van der Waals surface area (Å²) in [5.41, 5.74) is 0.533. The molecule has 5 nitrogen and oxygen atoms in total. The van der Waals surface area contributed by atoms with Crippen LogP contribution in [0, 0.1) is 0 Å². The lowest BCUT2D eigenvalue weighted by atomic mass is 10.1. The highest BCUT2D eigenvalue weighted by Gasteiger charge is 2.36. The molecular formula is C15H21N3O2. The van der Waals surface area contributed by atoms with Gasteiger partial charge in [-0.25, -0.2) is 4.79 Å². The van der Waals surface area contributed by atoms with E-state index < -0.39 is 0 Å². The van der Waals surface area contributed by atoms with Gasteiger partial charge in [-0.2, -0.15) is 0 Å². The zero-order chi connectivity index (χ0) is 14.8. The molecule has 0 aliphatic carbocycles. The van der Waals surface area contributed by atoms with Gasteiger partial charge in [0.05, 0.1) is 6.04 Å². The van der Waals surface area contributed by atoms with Crippen molar-refractivity contribution in [1.82, 2.24) is 10.2 Å². The zero-order valence-corrected chi connectivity index (χ0v) is 12.1. The van der Waals surface area contributed by atoms with E-state index in [4.69, 9.17) is 0 Å². The molecule has 0 saturated carbocycles. The zero-order valence-electron chi connectivity index (χ0n) is 12.1. The van der Waals surface area contributed by atoms with Gasteiger partial charge in [0.25, 0.3) is 0 Å². The number of nitrogens with zero attached hydrogens (tertiary/aromatic N) is 1. The molecule has 3 amide bonds. The molecule has 2 N–H and O–H groups in total. The van der Waals surface area contributed by atoms with Crippen molar-refractivity contribution in [3.63, 3.8) is 0 Å². The quantitative estimate of drug-likeness (QED) is 0.869. The summed E-state index contributed by atoms with van der Waals surface area (Å²) in [5.74, 6) is 0.0857. The number of anilines is 1. The molecule has 0 spiro atoms. The van der Waals surface area contributed by atoms with Crippen LogP contribution in [0.2, 0.25) is 0 Å². The summed E-state index contributed by atoms with van der Waals surface area (Å²) in [4.78, 5) is 25.6. The summed E-state index contributed by atoms with van der Waals surface area (Å²) in [6, 6.07) is 8.84. The Morgan fingerprint density at radius 1 is 1.25 bits per heavy atom. The monoisotopic (exact) mass is 275 g/mol. The SMILES string of the molecule is CC(C)(C)N1CC(NC(=O)Nc2ccccc2)CC1=O. The predicted octanol–water partition coefficient (Wildman–Crippen LogP) is 2.21. The van der Waals surface area contributed by atoms with Gasteiger partial charge < -0.3 is 15.5 Å². The Morgan fingerprint density at radius 2 is 1.90 bits per heavy atom. The van der Waals surface area contributed by atoms with Crippen LogP contribution < -0.4 is 10.6 Å². The third-order valence-electron chi connectivity index (χ3n) is 3.30. The molecule has 20 heavy (non-hydrogen) atoms. The highest BCUT2D eigenvalue weighted by atomic mass is 16.2. The largest absolute Gasteiger partial charge is 0.336 e. The van der Waals surface area contributed by atoms with E-state index in [0.717, 1.165) is 5.69 Å². The van der Waals surface area contributed by atoms with Gasteiger partial charge in [0, 0.05) is 24.2 Å². The second-order valence-corrected chi connectivity index (χ2v) is 6.04. The molecule has 1 fully saturated rings. The molecule has 1 aromatic rings. The Balaban J connectivity index is 1.89.